The highest BCUT2D eigenvalue weighted by molar-refractivity contribution is 5.80. The number of amides is 1. The Bertz CT molecular complexity index is 427. The van der Waals surface area contributed by atoms with Crippen molar-refractivity contribution in [3.63, 3.8) is 0 Å². The van der Waals surface area contributed by atoms with Gasteiger partial charge in [0, 0.05) is 26.7 Å². The molecular weight excluding hydrogens is 242 g/mol. The zero-order valence-corrected chi connectivity index (χ0v) is 11.7. The van der Waals surface area contributed by atoms with Gasteiger partial charge in [-0.25, -0.2) is 0 Å². The minimum Gasteiger partial charge on any atom is -0.479 e. The summed E-state index contributed by atoms with van der Waals surface area (Å²) in [7, 11) is 3.43. The molecule has 1 unspecified atom stereocenters. The van der Waals surface area contributed by atoms with Crippen LogP contribution < -0.4 is 10.1 Å². The monoisotopic (exact) mass is 263 g/mol. The SMILES string of the molecule is CC(Oc1ccc(CNC2CC2)nc1)C(=O)N(C)C. The van der Waals surface area contributed by atoms with Crippen molar-refractivity contribution in [3.05, 3.63) is 24.0 Å². The van der Waals surface area contributed by atoms with Gasteiger partial charge in [-0.15, -0.1) is 0 Å². The predicted molar refractivity (Wildman–Crippen MR) is 72.9 cm³/mol. The van der Waals surface area contributed by atoms with E-state index in [1.165, 1.54) is 17.7 Å². The zero-order chi connectivity index (χ0) is 13.8. The Morgan fingerprint density at radius 2 is 2.26 bits per heavy atom. The number of likely N-dealkylation sites (N-methyl/N-ethyl adjacent to an activating group) is 1. The third-order valence-corrected chi connectivity index (χ3v) is 3.05. The average Bonchev–Trinajstić information content (AvgIpc) is 3.21. The average molecular weight is 263 g/mol. The van der Waals surface area contributed by atoms with Gasteiger partial charge in [0.05, 0.1) is 11.9 Å². The van der Waals surface area contributed by atoms with Crippen LogP contribution >= 0.6 is 0 Å². The molecule has 1 atom stereocenters. The number of nitrogens with zero attached hydrogens (tertiary/aromatic N) is 2. The molecule has 19 heavy (non-hydrogen) atoms. The second-order valence-corrected chi connectivity index (χ2v) is 5.13. The van der Waals surface area contributed by atoms with Crippen molar-refractivity contribution in [1.82, 2.24) is 15.2 Å². The molecule has 0 radical (unpaired) electrons. The van der Waals surface area contributed by atoms with Gasteiger partial charge in [0.1, 0.15) is 5.75 Å². The van der Waals surface area contributed by atoms with Crippen LogP contribution in [0.5, 0.6) is 5.75 Å². The van der Waals surface area contributed by atoms with E-state index in [0.717, 1.165) is 12.2 Å². The van der Waals surface area contributed by atoms with E-state index in [4.69, 9.17) is 4.74 Å². The third kappa shape index (κ3) is 4.21. The van der Waals surface area contributed by atoms with Crippen molar-refractivity contribution in [2.75, 3.05) is 14.1 Å². The number of carbonyl (C=O) groups is 1. The van der Waals surface area contributed by atoms with E-state index in [0.29, 0.717) is 11.8 Å². The maximum atomic E-state index is 11.7. The van der Waals surface area contributed by atoms with Crippen LogP contribution in [0.25, 0.3) is 0 Å². The second kappa shape index (κ2) is 6.02. The molecule has 0 saturated heterocycles. The Morgan fingerprint density at radius 1 is 1.53 bits per heavy atom. The molecule has 2 rings (SSSR count). The quantitative estimate of drug-likeness (QED) is 0.837. The van der Waals surface area contributed by atoms with Crippen molar-refractivity contribution in [2.45, 2.75) is 38.5 Å². The summed E-state index contributed by atoms with van der Waals surface area (Å²) >= 11 is 0. The third-order valence-electron chi connectivity index (χ3n) is 3.05. The van der Waals surface area contributed by atoms with Gasteiger partial charge in [0.25, 0.3) is 5.91 Å². The molecule has 1 aromatic heterocycles. The van der Waals surface area contributed by atoms with E-state index in [1.54, 1.807) is 27.2 Å². The first-order valence-corrected chi connectivity index (χ1v) is 6.62. The number of ether oxygens (including phenoxy) is 1. The molecular formula is C14H21N3O2. The Balaban J connectivity index is 1.85. The van der Waals surface area contributed by atoms with Gasteiger partial charge in [-0.3, -0.25) is 9.78 Å². The molecule has 1 aliphatic carbocycles. The maximum absolute atomic E-state index is 11.7. The van der Waals surface area contributed by atoms with Crippen molar-refractivity contribution < 1.29 is 9.53 Å². The fraction of sp³-hybridized carbons (Fsp3) is 0.571. The summed E-state index contributed by atoms with van der Waals surface area (Å²) in [5.41, 5.74) is 0.992. The van der Waals surface area contributed by atoms with E-state index in [1.807, 2.05) is 12.1 Å². The Hall–Kier alpha value is -1.62. The maximum Gasteiger partial charge on any atom is 0.262 e. The first-order valence-electron chi connectivity index (χ1n) is 6.62. The largest absolute Gasteiger partial charge is 0.479 e. The van der Waals surface area contributed by atoms with Gasteiger partial charge in [-0.1, -0.05) is 0 Å². The fourth-order valence-electron chi connectivity index (χ4n) is 1.74. The van der Waals surface area contributed by atoms with E-state index >= 15 is 0 Å². The summed E-state index contributed by atoms with van der Waals surface area (Å²) in [5, 5.41) is 3.40. The highest BCUT2D eigenvalue weighted by atomic mass is 16.5. The van der Waals surface area contributed by atoms with Crippen LogP contribution in [-0.4, -0.2) is 42.0 Å². The summed E-state index contributed by atoms with van der Waals surface area (Å²) in [6, 6.07) is 4.46. The van der Waals surface area contributed by atoms with Crippen molar-refractivity contribution in [1.29, 1.82) is 0 Å². The number of aromatic nitrogens is 1. The van der Waals surface area contributed by atoms with E-state index < -0.39 is 6.10 Å². The van der Waals surface area contributed by atoms with Gasteiger partial charge in [-0.05, 0) is 31.9 Å². The van der Waals surface area contributed by atoms with Crippen LogP contribution in [0.2, 0.25) is 0 Å². The van der Waals surface area contributed by atoms with Gasteiger partial charge >= 0.3 is 0 Å². The molecule has 5 nitrogen and oxygen atoms in total. The first kappa shape index (κ1) is 13.8. The topological polar surface area (TPSA) is 54.5 Å². The van der Waals surface area contributed by atoms with Gasteiger partial charge in [0.15, 0.2) is 6.10 Å². The highest BCUT2D eigenvalue weighted by Gasteiger charge is 2.20. The van der Waals surface area contributed by atoms with Gasteiger partial charge in [-0.2, -0.15) is 0 Å². The van der Waals surface area contributed by atoms with Crippen molar-refractivity contribution in [2.24, 2.45) is 0 Å². The normalized spacial score (nSPS) is 15.9. The number of nitrogens with one attached hydrogen (secondary N) is 1. The van der Waals surface area contributed by atoms with Crippen LogP contribution in [0.1, 0.15) is 25.5 Å². The Labute approximate surface area is 114 Å². The van der Waals surface area contributed by atoms with Crippen LogP contribution in [0.4, 0.5) is 0 Å². The first-order chi connectivity index (χ1) is 9.06. The fourth-order valence-corrected chi connectivity index (χ4v) is 1.74. The second-order valence-electron chi connectivity index (χ2n) is 5.13. The molecule has 1 aliphatic rings. The Kier molecular flexibility index (Phi) is 4.37. The molecule has 104 valence electrons. The molecule has 1 amide bonds. The number of carbonyl (C=O) groups excluding carboxylic acids is 1. The smallest absolute Gasteiger partial charge is 0.262 e. The van der Waals surface area contributed by atoms with E-state index in [9.17, 15) is 4.79 Å². The minimum absolute atomic E-state index is 0.0560. The number of pyridine rings is 1. The summed E-state index contributed by atoms with van der Waals surface area (Å²) < 4.78 is 5.56. The lowest BCUT2D eigenvalue weighted by Gasteiger charge is -2.18. The molecule has 0 aromatic carbocycles. The van der Waals surface area contributed by atoms with Crippen LogP contribution in [-0.2, 0) is 11.3 Å². The lowest BCUT2D eigenvalue weighted by Crippen LogP contribution is -2.35. The lowest BCUT2D eigenvalue weighted by molar-refractivity contribution is -0.135. The summed E-state index contributed by atoms with van der Waals surface area (Å²) in [5.74, 6) is 0.567. The lowest BCUT2D eigenvalue weighted by atomic mass is 10.3. The summed E-state index contributed by atoms with van der Waals surface area (Å²) in [4.78, 5) is 17.5. The van der Waals surface area contributed by atoms with Crippen LogP contribution in [0, 0.1) is 0 Å². The number of hydrogen-bond acceptors (Lipinski definition) is 4. The molecule has 0 spiro atoms. The Morgan fingerprint density at radius 3 is 2.79 bits per heavy atom. The zero-order valence-electron chi connectivity index (χ0n) is 11.7. The standard InChI is InChI=1S/C14H21N3O2/c1-10(14(18)17(2)3)19-13-7-6-12(16-9-13)8-15-11-4-5-11/h6-7,9-11,15H,4-5,8H2,1-3H3. The van der Waals surface area contributed by atoms with Crippen LogP contribution in [0.15, 0.2) is 18.3 Å². The van der Waals surface area contributed by atoms with E-state index in [-0.39, 0.29) is 5.91 Å². The minimum atomic E-state index is -0.493. The molecule has 1 fully saturated rings. The molecule has 0 aliphatic heterocycles. The van der Waals surface area contributed by atoms with Crippen molar-refractivity contribution >= 4 is 5.91 Å². The summed E-state index contributed by atoms with van der Waals surface area (Å²) in [6.45, 7) is 2.53. The number of hydrogen-bond donors (Lipinski definition) is 1. The summed E-state index contributed by atoms with van der Waals surface area (Å²) in [6.07, 6.45) is 3.72. The van der Waals surface area contributed by atoms with E-state index in [2.05, 4.69) is 10.3 Å². The molecule has 1 saturated carbocycles. The van der Waals surface area contributed by atoms with Gasteiger partial charge < -0.3 is 15.0 Å². The molecule has 1 aromatic rings. The molecule has 5 heteroatoms. The number of rotatable bonds is 6. The van der Waals surface area contributed by atoms with Crippen LogP contribution in [0.3, 0.4) is 0 Å². The highest BCUT2D eigenvalue weighted by Crippen LogP contribution is 2.19. The predicted octanol–water partition coefficient (Wildman–Crippen LogP) is 1.19. The molecule has 1 heterocycles. The van der Waals surface area contributed by atoms with Gasteiger partial charge in [0.2, 0.25) is 0 Å². The molecule has 1 N–H and O–H groups in total. The molecule has 0 bridgehead atoms. The van der Waals surface area contributed by atoms with Crippen molar-refractivity contribution in [3.8, 4) is 5.75 Å².